The van der Waals surface area contributed by atoms with Crippen LogP contribution in [0, 0.1) is 0 Å². The van der Waals surface area contributed by atoms with Crippen molar-refractivity contribution in [2.45, 2.75) is 11.7 Å². The fraction of sp³-hybridized carbons (Fsp3) is 0.0909. The molecule has 37 heavy (non-hydrogen) atoms. The molecule has 4 nitrogen and oxygen atoms in total. The molecule has 1 aliphatic rings. The van der Waals surface area contributed by atoms with Crippen LogP contribution in [0.3, 0.4) is 0 Å². The quantitative estimate of drug-likeness (QED) is 0.263. The Hall–Kier alpha value is -4.54. The lowest BCUT2D eigenvalue weighted by Gasteiger charge is -2.35. The Morgan fingerprint density at radius 1 is 0.730 bits per heavy atom. The predicted octanol–water partition coefficient (Wildman–Crippen LogP) is 6.99. The van der Waals surface area contributed by atoms with Gasteiger partial charge in [0.2, 0.25) is 0 Å². The monoisotopic (exact) mass is 486 g/mol. The van der Waals surface area contributed by atoms with E-state index >= 15 is 0 Å². The van der Waals surface area contributed by atoms with Gasteiger partial charge in [-0.25, -0.2) is 0 Å². The van der Waals surface area contributed by atoms with Gasteiger partial charge in [0.1, 0.15) is 29.0 Å². The SMILES string of the molecule is COc1ccc(C2C=Cc3c(C(O)(c4ccccc4)c4ccccc4)c(O)c4ccccc4c3O2)cc1. The average molecular weight is 487 g/mol. The molecule has 1 aliphatic heterocycles. The molecule has 1 unspecified atom stereocenters. The number of rotatable bonds is 5. The van der Waals surface area contributed by atoms with Crippen LogP contribution in [0.15, 0.2) is 115 Å². The zero-order valence-electron chi connectivity index (χ0n) is 20.3. The van der Waals surface area contributed by atoms with Crippen molar-refractivity contribution in [2.24, 2.45) is 0 Å². The molecule has 1 heterocycles. The summed E-state index contributed by atoms with van der Waals surface area (Å²) in [6.07, 6.45) is 3.57. The van der Waals surface area contributed by atoms with Gasteiger partial charge in [-0.1, -0.05) is 103 Å². The molecule has 0 aromatic heterocycles. The van der Waals surface area contributed by atoms with E-state index in [1.165, 1.54) is 0 Å². The molecule has 1 atom stereocenters. The number of benzene rings is 5. The fourth-order valence-corrected chi connectivity index (χ4v) is 5.20. The highest BCUT2D eigenvalue weighted by Crippen LogP contribution is 2.52. The third-order valence-corrected chi connectivity index (χ3v) is 7.05. The average Bonchev–Trinajstić information content (AvgIpc) is 2.98. The summed E-state index contributed by atoms with van der Waals surface area (Å²) < 4.78 is 11.9. The van der Waals surface area contributed by atoms with Gasteiger partial charge in [-0.2, -0.15) is 0 Å². The molecule has 6 rings (SSSR count). The molecule has 0 spiro atoms. The van der Waals surface area contributed by atoms with Crippen LogP contribution in [0.5, 0.6) is 17.2 Å². The number of fused-ring (bicyclic) bond motifs is 3. The minimum absolute atomic E-state index is 0.0284. The van der Waals surface area contributed by atoms with Gasteiger partial charge in [0, 0.05) is 21.9 Å². The summed E-state index contributed by atoms with van der Waals surface area (Å²) in [5.74, 6) is 1.43. The minimum atomic E-state index is -1.62. The number of aliphatic hydroxyl groups is 1. The molecule has 0 bridgehead atoms. The maximum absolute atomic E-state index is 12.6. The van der Waals surface area contributed by atoms with Gasteiger partial charge in [-0.05, 0) is 34.9 Å². The number of aromatic hydroxyl groups is 1. The van der Waals surface area contributed by atoms with Crippen molar-refractivity contribution < 1.29 is 19.7 Å². The van der Waals surface area contributed by atoms with Crippen molar-refractivity contribution in [1.29, 1.82) is 0 Å². The molecular weight excluding hydrogens is 460 g/mol. The molecule has 0 saturated carbocycles. The van der Waals surface area contributed by atoms with E-state index in [-0.39, 0.29) is 11.9 Å². The molecule has 2 N–H and O–H groups in total. The number of hydrogen-bond acceptors (Lipinski definition) is 4. The van der Waals surface area contributed by atoms with Gasteiger partial charge in [0.05, 0.1) is 7.11 Å². The maximum Gasteiger partial charge on any atom is 0.144 e. The largest absolute Gasteiger partial charge is 0.507 e. The van der Waals surface area contributed by atoms with Crippen LogP contribution in [0.2, 0.25) is 0 Å². The third-order valence-electron chi connectivity index (χ3n) is 7.05. The summed E-state index contributed by atoms with van der Waals surface area (Å²) in [6, 6.07) is 34.2. The summed E-state index contributed by atoms with van der Waals surface area (Å²) in [4.78, 5) is 0. The molecule has 0 saturated heterocycles. The topological polar surface area (TPSA) is 58.9 Å². The second-order valence-electron chi connectivity index (χ2n) is 9.13. The van der Waals surface area contributed by atoms with Gasteiger partial charge in [0.15, 0.2) is 0 Å². The van der Waals surface area contributed by atoms with Gasteiger partial charge in [-0.3, -0.25) is 0 Å². The van der Waals surface area contributed by atoms with Crippen molar-refractivity contribution in [3.63, 3.8) is 0 Å². The molecule has 0 fully saturated rings. The smallest absolute Gasteiger partial charge is 0.144 e. The summed E-state index contributed by atoms with van der Waals surface area (Å²) in [7, 11) is 1.64. The zero-order chi connectivity index (χ0) is 25.4. The number of ether oxygens (including phenoxy) is 2. The predicted molar refractivity (Wildman–Crippen MR) is 146 cm³/mol. The molecule has 0 aliphatic carbocycles. The van der Waals surface area contributed by atoms with E-state index in [4.69, 9.17) is 9.47 Å². The molecule has 5 aromatic rings. The van der Waals surface area contributed by atoms with Crippen LogP contribution in [0.1, 0.15) is 33.9 Å². The van der Waals surface area contributed by atoms with Crippen LogP contribution in [0.4, 0.5) is 0 Å². The van der Waals surface area contributed by atoms with E-state index < -0.39 is 5.60 Å². The maximum atomic E-state index is 12.6. The van der Waals surface area contributed by atoms with Crippen LogP contribution in [-0.2, 0) is 5.60 Å². The highest BCUT2D eigenvalue weighted by atomic mass is 16.5. The van der Waals surface area contributed by atoms with E-state index in [1.807, 2.05) is 121 Å². The summed E-state index contributed by atoms with van der Waals surface area (Å²) >= 11 is 0. The Labute approximate surface area is 215 Å². The lowest BCUT2D eigenvalue weighted by molar-refractivity contribution is 0.121. The Balaban J connectivity index is 1.62. The molecular formula is C33H26O4. The minimum Gasteiger partial charge on any atom is -0.507 e. The lowest BCUT2D eigenvalue weighted by atomic mass is 9.76. The lowest BCUT2D eigenvalue weighted by Crippen LogP contribution is -2.30. The van der Waals surface area contributed by atoms with Gasteiger partial charge < -0.3 is 19.7 Å². The second kappa shape index (κ2) is 9.16. The molecule has 0 radical (unpaired) electrons. The standard InChI is InChI=1S/C33H26O4/c1-36-25-18-16-22(17-19-25)29-21-20-28-30(31(34)26-14-8-9-15-27(26)32(28)37-29)33(35,23-10-4-2-5-11-23)24-12-6-3-7-13-24/h2-21,29,34-35H,1H3. The van der Waals surface area contributed by atoms with E-state index in [2.05, 4.69) is 0 Å². The normalized spacial score (nSPS) is 14.7. The van der Waals surface area contributed by atoms with E-state index in [0.29, 0.717) is 33.4 Å². The van der Waals surface area contributed by atoms with Crippen molar-refractivity contribution in [3.8, 4) is 17.2 Å². The number of methoxy groups -OCH3 is 1. The van der Waals surface area contributed by atoms with E-state index in [0.717, 1.165) is 16.7 Å². The fourth-order valence-electron chi connectivity index (χ4n) is 5.20. The van der Waals surface area contributed by atoms with E-state index in [1.54, 1.807) is 7.11 Å². The Kier molecular flexibility index (Phi) is 5.67. The van der Waals surface area contributed by atoms with Crippen LogP contribution >= 0.6 is 0 Å². The Morgan fingerprint density at radius 3 is 1.89 bits per heavy atom. The number of phenols is 1. The highest BCUT2D eigenvalue weighted by Gasteiger charge is 2.41. The van der Waals surface area contributed by atoms with Crippen molar-refractivity contribution in [2.75, 3.05) is 7.11 Å². The van der Waals surface area contributed by atoms with Gasteiger partial charge in [-0.15, -0.1) is 0 Å². The summed E-state index contributed by atoms with van der Waals surface area (Å²) in [5, 5.41) is 25.7. The first-order valence-corrected chi connectivity index (χ1v) is 12.2. The first-order chi connectivity index (χ1) is 18.1. The molecule has 182 valence electrons. The summed E-state index contributed by atoms with van der Waals surface area (Å²) in [6.45, 7) is 0. The molecule has 5 aromatic carbocycles. The highest BCUT2D eigenvalue weighted by molar-refractivity contribution is 5.99. The van der Waals surface area contributed by atoms with Crippen LogP contribution in [-0.4, -0.2) is 17.3 Å². The Morgan fingerprint density at radius 2 is 1.30 bits per heavy atom. The number of phenolic OH excluding ortho intramolecular Hbond substituents is 1. The molecule has 0 amide bonds. The van der Waals surface area contributed by atoms with E-state index in [9.17, 15) is 10.2 Å². The zero-order valence-corrected chi connectivity index (χ0v) is 20.3. The van der Waals surface area contributed by atoms with Gasteiger partial charge >= 0.3 is 0 Å². The van der Waals surface area contributed by atoms with Crippen LogP contribution in [0.25, 0.3) is 16.8 Å². The Bertz CT molecular complexity index is 1550. The van der Waals surface area contributed by atoms with Gasteiger partial charge in [0.25, 0.3) is 0 Å². The van der Waals surface area contributed by atoms with Crippen molar-refractivity contribution in [1.82, 2.24) is 0 Å². The first kappa shape index (κ1) is 22.9. The van der Waals surface area contributed by atoms with Crippen molar-refractivity contribution in [3.05, 3.63) is 143 Å². The third kappa shape index (κ3) is 3.74. The summed E-state index contributed by atoms with van der Waals surface area (Å²) in [5.41, 5.74) is 1.70. The number of hydrogen-bond donors (Lipinski definition) is 2. The van der Waals surface area contributed by atoms with Crippen molar-refractivity contribution >= 4 is 16.8 Å². The van der Waals surface area contributed by atoms with Crippen LogP contribution < -0.4 is 9.47 Å². The second-order valence-corrected chi connectivity index (χ2v) is 9.13. The first-order valence-electron chi connectivity index (χ1n) is 12.2. The molecule has 4 heteroatoms.